The molecule has 0 amide bonds. The van der Waals surface area contributed by atoms with Gasteiger partial charge in [0.2, 0.25) is 0 Å². The fourth-order valence-electron chi connectivity index (χ4n) is 2.05. The summed E-state index contributed by atoms with van der Waals surface area (Å²) in [5.74, 6) is 0.0522. The van der Waals surface area contributed by atoms with Gasteiger partial charge in [-0.1, -0.05) is 24.3 Å². The third kappa shape index (κ3) is 3.24. The molecule has 110 valence electrons. The van der Waals surface area contributed by atoms with Crippen LogP contribution in [0.25, 0.3) is 0 Å². The summed E-state index contributed by atoms with van der Waals surface area (Å²) in [6.45, 7) is 8.02. The molecule has 0 aliphatic carbocycles. The van der Waals surface area contributed by atoms with Crippen LogP contribution in [0.5, 0.6) is 0 Å². The largest absolute Gasteiger partial charge is 0.494 e. The van der Waals surface area contributed by atoms with Crippen molar-refractivity contribution in [2.75, 3.05) is 6.26 Å². The fraction of sp³-hybridized carbons (Fsp3) is 0.571. The Kier molecular flexibility index (Phi) is 3.78. The van der Waals surface area contributed by atoms with Crippen molar-refractivity contribution in [1.82, 2.24) is 0 Å². The zero-order valence-electron chi connectivity index (χ0n) is 12.6. The second-order valence-corrected chi connectivity index (χ2v) is 8.54. The van der Waals surface area contributed by atoms with Crippen molar-refractivity contribution in [3.8, 4) is 0 Å². The van der Waals surface area contributed by atoms with Crippen molar-refractivity contribution < 1.29 is 17.7 Å². The molecule has 1 fully saturated rings. The van der Waals surface area contributed by atoms with E-state index in [1.807, 2.05) is 39.8 Å². The molecule has 0 atom stereocenters. The van der Waals surface area contributed by atoms with Crippen LogP contribution in [0.1, 0.15) is 33.3 Å². The van der Waals surface area contributed by atoms with Gasteiger partial charge in [-0.2, -0.15) is 0 Å². The lowest BCUT2D eigenvalue weighted by atomic mass is 9.79. The maximum Gasteiger partial charge on any atom is 0.494 e. The first-order valence-corrected chi connectivity index (χ1v) is 8.68. The van der Waals surface area contributed by atoms with Crippen LogP contribution in [-0.4, -0.2) is 33.0 Å². The van der Waals surface area contributed by atoms with E-state index in [4.69, 9.17) is 9.31 Å². The summed E-state index contributed by atoms with van der Waals surface area (Å²) in [5, 5.41) is 0. The number of sulfone groups is 1. The van der Waals surface area contributed by atoms with Gasteiger partial charge in [0.05, 0.1) is 17.0 Å². The summed E-state index contributed by atoms with van der Waals surface area (Å²) < 4.78 is 34.4. The molecule has 6 heteroatoms. The molecule has 4 nitrogen and oxygen atoms in total. The molecular weight excluding hydrogens is 275 g/mol. The molecule has 1 aliphatic rings. The molecule has 1 aromatic carbocycles. The number of benzene rings is 1. The summed E-state index contributed by atoms with van der Waals surface area (Å²) in [5.41, 5.74) is 0.931. The Bertz CT molecular complexity index is 574. The van der Waals surface area contributed by atoms with Crippen LogP contribution in [0, 0.1) is 0 Å². The minimum Gasteiger partial charge on any atom is -0.399 e. The molecule has 0 spiro atoms. The van der Waals surface area contributed by atoms with Crippen molar-refractivity contribution in [2.24, 2.45) is 0 Å². The van der Waals surface area contributed by atoms with Crippen LogP contribution in [0.3, 0.4) is 0 Å². The molecular formula is C14H21BO4S. The average Bonchev–Trinajstić information content (AvgIpc) is 2.47. The first-order chi connectivity index (χ1) is 9.00. The van der Waals surface area contributed by atoms with Gasteiger partial charge in [-0.25, -0.2) is 8.42 Å². The first kappa shape index (κ1) is 15.5. The maximum atomic E-state index is 11.3. The fourth-order valence-corrected chi connectivity index (χ4v) is 2.85. The highest BCUT2D eigenvalue weighted by atomic mass is 32.2. The zero-order valence-corrected chi connectivity index (χ0v) is 13.5. The minimum atomic E-state index is -3.01. The molecule has 0 saturated carbocycles. The van der Waals surface area contributed by atoms with Gasteiger partial charge in [-0.05, 0) is 38.7 Å². The summed E-state index contributed by atoms with van der Waals surface area (Å²) in [6, 6.07) is 7.34. The molecule has 2 rings (SSSR count). The molecule has 0 aromatic heterocycles. The number of hydrogen-bond acceptors (Lipinski definition) is 4. The van der Waals surface area contributed by atoms with E-state index in [0.29, 0.717) is 0 Å². The van der Waals surface area contributed by atoms with Crippen LogP contribution in [0.4, 0.5) is 0 Å². The molecule has 0 N–H and O–H groups in total. The quantitative estimate of drug-likeness (QED) is 0.794. The van der Waals surface area contributed by atoms with Gasteiger partial charge in [0.1, 0.15) is 0 Å². The Labute approximate surface area is 121 Å². The highest BCUT2D eigenvalue weighted by Crippen LogP contribution is 2.36. The number of rotatable bonds is 3. The van der Waals surface area contributed by atoms with Gasteiger partial charge in [-0.3, -0.25) is 0 Å². The maximum absolute atomic E-state index is 11.3. The van der Waals surface area contributed by atoms with E-state index in [0.717, 1.165) is 11.0 Å². The SMILES string of the molecule is CC1(C)OB(c2ccc(CS(C)(=O)=O)cc2)OC1(C)C. The van der Waals surface area contributed by atoms with Crippen LogP contribution in [-0.2, 0) is 24.9 Å². The third-order valence-electron chi connectivity index (χ3n) is 3.93. The third-order valence-corrected chi connectivity index (χ3v) is 4.79. The van der Waals surface area contributed by atoms with Crippen molar-refractivity contribution in [3.05, 3.63) is 29.8 Å². The second kappa shape index (κ2) is 4.86. The van der Waals surface area contributed by atoms with E-state index in [1.54, 1.807) is 12.1 Å². The van der Waals surface area contributed by atoms with Crippen LogP contribution in [0.2, 0.25) is 0 Å². The molecule has 0 bridgehead atoms. The van der Waals surface area contributed by atoms with Gasteiger partial charge in [0.15, 0.2) is 9.84 Å². The highest BCUT2D eigenvalue weighted by molar-refractivity contribution is 7.89. The summed E-state index contributed by atoms with van der Waals surface area (Å²) >= 11 is 0. The van der Waals surface area contributed by atoms with E-state index in [2.05, 4.69) is 0 Å². The van der Waals surface area contributed by atoms with E-state index in [9.17, 15) is 8.42 Å². The van der Waals surface area contributed by atoms with E-state index >= 15 is 0 Å². The highest BCUT2D eigenvalue weighted by Gasteiger charge is 2.51. The lowest BCUT2D eigenvalue weighted by Gasteiger charge is -2.32. The zero-order chi connectivity index (χ0) is 15.2. The summed E-state index contributed by atoms with van der Waals surface area (Å²) in [7, 11) is -3.42. The molecule has 20 heavy (non-hydrogen) atoms. The Morgan fingerprint density at radius 3 is 1.85 bits per heavy atom. The van der Waals surface area contributed by atoms with Crippen LogP contribution >= 0.6 is 0 Å². The van der Waals surface area contributed by atoms with Crippen LogP contribution < -0.4 is 5.46 Å². The Balaban J connectivity index is 2.16. The smallest absolute Gasteiger partial charge is 0.399 e. The van der Waals surface area contributed by atoms with Crippen molar-refractivity contribution in [2.45, 2.75) is 44.6 Å². The van der Waals surface area contributed by atoms with Gasteiger partial charge in [0.25, 0.3) is 0 Å². The molecule has 1 aliphatic heterocycles. The second-order valence-electron chi connectivity index (χ2n) is 6.40. The first-order valence-electron chi connectivity index (χ1n) is 6.62. The van der Waals surface area contributed by atoms with Gasteiger partial charge in [-0.15, -0.1) is 0 Å². The predicted octanol–water partition coefficient (Wildman–Crippen LogP) is 1.53. The van der Waals surface area contributed by atoms with E-state index in [-0.39, 0.29) is 17.0 Å². The lowest BCUT2D eigenvalue weighted by molar-refractivity contribution is 0.00578. The Hall–Kier alpha value is -0.845. The monoisotopic (exact) mass is 296 g/mol. The van der Waals surface area contributed by atoms with Crippen molar-refractivity contribution >= 4 is 22.4 Å². The van der Waals surface area contributed by atoms with Crippen LogP contribution in [0.15, 0.2) is 24.3 Å². The summed E-state index contributed by atoms with van der Waals surface area (Å²) in [4.78, 5) is 0. The molecule has 0 unspecified atom stereocenters. The summed E-state index contributed by atoms with van der Waals surface area (Å²) in [6.07, 6.45) is 1.23. The Morgan fingerprint density at radius 2 is 1.45 bits per heavy atom. The van der Waals surface area contributed by atoms with Gasteiger partial charge >= 0.3 is 7.12 Å². The number of hydrogen-bond donors (Lipinski definition) is 0. The van der Waals surface area contributed by atoms with E-state index in [1.165, 1.54) is 6.26 Å². The normalized spacial score (nSPS) is 21.1. The molecule has 1 aromatic rings. The predicted molar refractivity (Wildman–Crippen MR) is 80.7 cm³/mol. The van der Waals surface area contributed by atoms with Gasteiger partial charge in [0, 0.05) is 6.26 Å². The molecule has 1 saturated heterocycles. The Morgan fingerprint density at radius 1 is 1.00 bits per heavy atom. The lowest BCUT2D eigenvalue weighted by Crippen LogP contribution is -2.41. The van der Waals surface area contributed by atoms with Gasteiger partial charge < -0.3 is 9.31 Å². The van der Waals surface area contributed by atoms with Crippen molar-refractivity contribution in [3.63, 3.8) is 0 Å². The molecule has 0 radical (unpaired) electrons. The standard InChI is InChI=1S/C14H21BO4S/c1-13(2)14(3,4)19-15(18-13)12-8-6-11(7-9-12)10-20(5,16)17/h6-9H,10H2,1-5H3. The topological polar surface area (TPSA) is 52.6 Å². The minimum absolute atomic E-state index is 0.0522. The average molecular weight is 296 g/mol. The molecule has 1 heterocycles. The van der Waals surface area contributed by atoms with E-state index < -0.39 is 17.0 Å². The van der Waals surface area contributed by atoms with Crippen molar-refractivity contribution in [1.29, 1.82) is 0 Å².